The summed E-state index contributed by atoms with van der Waals surface area (Å²) in [5.74, 6) is 2.31. The van der Waals surface area contributed by atoms with E-state index >= 15 is 0 Å². The smallest absolute Gasteiger partial charge is 0.260 e. The van der Waals surface area contributed by atoms with E-state index in [1.807, 2.05) is 53.4 Å². The molecule has 178 valence electrons. The number of hydrogen-bond donors (Lipinski definition) is 0. The van der Waals surface area contributed by atoms with Gasteiger partial charge in [-0.05, 0) is 47.4 Å². The van der Waals surface area contributed by atoms with Gasteiger partial charge in [0.1, 0.15) is 11.5 Å². The van der Waals surface area contributed by atoms with E-state index < -0.39 is 0 Å². The SMILES string of the molecule is COc1cccc(-c2ccc(N3CCN(C(=O)COc4ccc(C(C)(C)C)cc4)CC3)nn2)c1. The Morgan fingerprint density at radius 1 is 0.912 bits per heavy atom. The minimum atomic E-state index is -0.000921. The molecule has 1 saturated heterocycles. The Bertz CT molecular complexity index is 1100. The van der Waals surface area contributed by atoms with Crippen LogP contribution in [0.3, 0.4) is 0 Å². The lowest BCUT2D eigenvalue weighted by Crippen LogP contribution is -2.50. The number of carbonyl (C=O) groups excluding carboxylic acids is 1. The quantitative estimate of drug-likeness (QED) is 0.550. The summed E-state index contributed by atoms with van der Waals surface area (Å²) in [6, 6.07) is 19.7. The van der Waals surface area contributed by atoms with Gasteiger partial charge in [0.05, 0.1) is 12.8 Å². The molecule has 7 nitrogen and oxygen atoms in total. The fraction of sp³-hybridized carbons (Fsp3) is 0.370. The van der Waals surface area contributed by atoms with Crippen molar-refractivity contribution in [1.29, 1.82) is 0 Å². The molecule has 1 amide bonds. The van der Waals surface area contributed by atoms with E-state index in [-0.39, 0.29) is 17.9 Å². The second-order valence-electron chi connectivity index (χ2n) is 9.44. The fourth-order valence-corrected chi connectivity index (χ4v) is 3.90. The summed E-state index contributed by atoms with van der Waals surface area (Å²) in [4.78, 5) is 16.6. The van der Waals surface area contributed by atoms with Crippen LogP contribution in [0.1, 0.15) is 26.3 Å². The summed E-state index contributed by atoms with van der Waals surface area (Å²) in [5.41, 5.74) is 3.08. The lowest BCUT2D eigenvalue weighted by molar-refractivity contribution is -0.133. The Hall–Kier alpha value is -3.61. The molecule has 0 radical (unpaired) electrons. The maximum absolute atomic E-state index is 12.6. The van der Waals surface area contributed by atoms with Crippen molar-refractivity contribution >= 4 is 11.7 Å². The van der Waals surface area contributed by atoms with Crippen LogP contribution in [0.5, 0.6) is 11.5 Å². The van der Waals surface area contributed by atoms with Gasteiger partial charge in [-0.25, -0.2) is 0 Å². The van der Waals surface area contributed by atoms with E-state index in [0.29, 0.717) is 31.9 Å². The summed E-state index contributed by atoms with van der Waals surface area (Å²) in [7, 11) is 1.65. The third-order valence-electron chi connectivity index (χ3n) is 6.05. The maximum Gasteiger partial charge on any atom is 0.260 e. The van der Waals surface area contributed by atoms with Crippen molar-refractivity contribution in [2.24, 2.45) is 0 Å². The predicted molar refractivity (Wildman–Crippen MR) is 133 cm³/mol. The highest BCUT2D eigenvalue weighted by Crippen LogP contribution is 2.25. The summed E-state index contributed by atoms with van der Waals surface area (Å²) in [5, 5.41) is 8.80. The van der Waals surface area contributed by atoms with Gasteiger partial charge < -0.3 is 19.3 Å². The lowest BCUT2D eigenvalue weighted by atomic mass is 9.87. The second-order valence-corrected chi connectivity index (χ2v) is 9.44. The molecule has 0 atom stereocenters. The van der Waals surface area contributed by atoms with Crippen LogP contribution in [0.2, 0.25) is 0 Å². The van der Waals surface area contributed by atoms with Crippen LogP contribution in [-0.2, 0) is 10.2 Å². The predicted octanol–water partition coefficient (Wildman–Crippen LogP) is 4.18. The molecule has 0 bridgehead atoms. The Morgan fingerprint density at radius 3 is 2.26 bits per heavy atom. The zero-order valence-electron chi connectivity index (χ0n) is 20.3. The first-order valence-electron chi connectivity index (χ1n) is 11.6. The molecule has 2 heterocycles. The van der Waals surface area contributed by atoms with Crippen molar-refractivity contribution in [2.45, 2.75) is 26.2 Å². The van der Waals surface area contributed by atoms with Gasteiger partial charge >= 0.3 is 0 Å². The number of hydrogen-bond acceptors (Lipinski definition) is 6. The maximum atomic E-state index is 12.6. The zero-order chi connectivity index (χ0) is 24.1. The zero-order valence-corrected chi connectivity index (χ0v) is 20.3. The minimum Gasteiger partial charge on any atom is -0.497 e. The van der Waals surface area contributed by atoms with Gasteiger partial charge in [-0.3, -0.25) is 4.79 Å². The molecule has 1 fully saturated rings. The van der Waals surface area contributed by atoms with E-state index in [1.54, 1.807) is 7.11 Å². The van der Waals surface area contributed by atoms with Crippen LogP contribution in [-0.4, -0.2) is 60.9 Å². The van der Waals surface area contributed by atoms with Crippen molar-refractivity contribution in [2.75, 3.05) is 44.8 Å². The van der Waals surface area contributed by atoms with Gasteiger partial charge in [0.25, 0.3) is 5.91 Å². The van der Waals surface area contributed by atoms with Crippen molar-refractivity contribution < 1.29 is 14.3 Å². The largest absolute Gasteiger partial charge is 0.497 e. The standard InChI is InChI=1S/C27H32N4O3/c1-27(2,3)21-8-10-22(11-9-21)34-19-26(32)31-16-14-30(15-17-31)25-13-12-24(28-29-25)20-6-5-7-23(18-20)33-4/h5-13,18H,14-17,19H2,1-4H3. The van der Waals surface area contributed by atoms with Crippen molar-refractivity contribution in [3.8, 4) is 22.8 Å². The summed E-state index contributed by atoms with van der Waals surface area (Å²) < 4.78 is 11.0. The Kier molecular flexibility index (Phi) is 7.01. The van der Waals surface area contributed by atoms with Gasteiger partial charge in [-0.15, -0.1) is 10.2 Å². The van der Waals surface area contributed by atoms with Gasteiger partial charge in [0.15, 0.2) is 12.4 Å². The number of carbonyl (C=O) groups is 1. The number of aromatic nitrogens is 2. The highest BCUT2D eigenvalue weighted by Gasteiger charge is 2.22. The Labute approximate surface area is 201 Å². The number of ether oxygens (including phenoxy) is 2. The van der Waals surface area contributed by atoms with Crippen LogP contribution in [0.15, 0.2) is 60.7 Å². The molecule has 4 rings (SSSR count). The van der Waals surface area contributed by atoms with Gasteiger partial charge in [-0.1, -0.05) is 45.0 Å². The molecular formula is C27H32N4O3. The Morgan fingerprint density at radius 2 is 1.65 bits per heavy atom. The van der Waals surface area contributed by atoms with Crippen LogP contribution < -0.4 is 14.4 Å². The first-order valence-corrected chi connectivity index (χ1v) is 11.6. The number of methoxy groups -OCH3 is 1. The topological polar surface area (TPSA) is 67.8 Å². The molecule has 0 aliphatic carbocycles. The Balaban J connectivity index is 1.27. The van der Waals surface area contributed by atoms with Gasteiger partial charge in [0.2, 0.25) is 0 Å². The first-order chi connectivity index (χ1) is 16.3. The molecule has 1 aromatic heterocycles. The molecule has 0 N–H and O–H groups in total. The third-order valence-corrected chi connectivity index (χ3v) is 6.05. The van der Waals surface area contributed by atoms with Crippen LogP contribution in [0.25, 0.3) is 11.3 Å². The number of piperazine rings is 1. The summed E-state index contributed by atoms with van der Waals surface area (Å²) >= 11 is 0. The van der Waals surface area contributed by atoms with Gasteiger partial charge in [0, 0.05) is 31.7 Å². The molecule has 7 heteroatoms. The molecule has 1 aliphatic rings. The first kappa shape index (κ1) is 23.5. The average molecular weight is 461 g/mol. The molecule has 1 aliphatic heterocycles. The molecule has 34 heavy (non-hydrogen) atoms. The van der Waals surface area contributed by atoms with E-state index in [2.05, 4.69) is 48.0 Å². The number of amides is 1. The lowest BCUT2D eigenvalue weighted by Gasteiger charge is -2.35. The van der Waals surface area contributed by atoms with Crippen molar-refractivity contribution in [1.82, 2.24) is 15.1 Å². The second kappa shape index (κ2) is 10.1. The number of nitrogens with zero attached hydrogens (tertiary/aromatic N) is 4. The number of anilines is 1. The molecule has 0 spiro atoms. The molecular weight excluding hydrogens is 428 g/mol. The summed E-state index contributed by atoms with van der Waals surface area (Å²) in [6.07, 6.45) is 0. The van der Waals surface area contributed by atoms with Crippen LogP contribution in [0, 0.1) is 0 Å². The molecule has 0 unspecified atom stereocenters. The van der Waals surface area contributed by atoms with E-state index in [0.717, 1.165) is 22.8 Å². The van der Waals surface area contributed by atoms with E-state index in [4.69, 9.17) is 9.47 Å². The van der Waals surface area contributed by atoms with Crippen molar-refractivity contribution in [3.63, 3.8) is 0 Å². The number of benzene rings is 2. The third kappa shape index (κ3) is 5.65. The van der Waals surface area contributed by atoms with Crippen LogP contribution >= 0.6 is 0 Å². The fourth-order valence-electron chi connectivity index (χ4n) is 3.90. The monoisotopic (exact) mass is 460 g/mol. The normalized spacial score (nSPS) is 14.1. The highest BCUT2D eigenvalue weighted by atomic mass is 16.5. The molecule has 0 saturated carbocycles. The molecule has 3 aromatic rings. The van der Waals surface area contributed by atoms with E-state index in [1.165, 1.54) is 5.56 Å². The van der Waals surface area contributed by atoms with Crippen LogP contribution in [0.4, 0.5) is 5.82 Å². The minimum absolute atomic E-state index is 0.000921. The van der Waals surface area contributed by atoms with E-state index in [9.17, 15) is 4.79 Å². The average Bonchev–Trinajstić information content (AvgIpc) is 2.87. The van der Waals surface area contributed by atoms with Crippen molar-refractivity contribution in [3.05, 3.63) is 66.2 Å². The molecule has 2 aromatic carbocycles. The highest BCUT2D eigenvalue weighted by molar-refractivity contribution is 5.78. The number of rotatable bonds is 6. The van der Waals surface area contributed by atoms with Gasteiger partial charge in [-0.2, -0.15) is 0 Å². The summed E-state index contributed by atoms with van der Waals surface area (Å²) in [6.45, 7) is 9.24.